The van der Waals surface area contributed by atoms with Crippen LogP contribution in [-0.2, 0) is 6.54 Å². The third-order valence-corrected chi connectivity index (χ3v) is 4.60. The first-order chi connectivity index (χ1) is 9.54. The Bertz CT molecular complexity index is 607. The first-order valence-electron chi connectivity index (χ1n) is 6.75. The van der Waals surface area contributed by atoms with E-state index in [2.05, 4.69) is 39.3 Å². The quantitative estimate of drug-likeness (QED) is 0.804. The van der Waals surface area contributed by atoms with Crippen LogP contribution in [-0.4, -0.2) is 16.3 Å². The summed E-state index contributed by atoms with van der Waals surface area (Å²) in [5, 5.41) is 8.74. The highest BCUT2D eigenvalue weighted by atomic mass is 79.9. The highest BCUT2D eigenvalue weighted by molar-refractivity contribution is 9.10. The molecule has 5 heteroatoms. The van der Waals surface area contributed by atoms with Crippen molar-refractivity contribution in [2.24, 2.45) is 0 Å². The maximum absolute atomic E-state index is 6.15. The number of benzene rings is 1. The lowest BCUT2D eigenvalue weighted by molar-refractivity contribution is 0.669. The van der Waals surface area contributed by atoms with Gasteiger partial charge in [-0.2, -0.15) is 5.10 Å². The Morgan fingerprint density at radius 3 is 2.70 bits per heavy atom. The summed E-state index contributed by atoms with van der Waals surface area (Å²) in [4.78, 5) is 0. The molecule has 0 radical (unpaired) electrons. The molecule has 0 atom stereocenters. The highest BCUT2D eigenvalue weighted by Crippen LogP contribution is 2.26. The fourth-order valence-corrected chi connectivity index (χ4v) is 2.56. The lowest BCUT2D eigenvalue weighted by Crippen LogP contribution is -2.16. The van der Waals surface area contributed by atoms with Crippen molar-refractivity contribution >= 4 is 27.5 Å². The first kappa shape index (κ1) is 15.5. The van der Waals surface area contributed by atoms with E-state index in [1.54, 1.807) is 0 Å². The van der Waals surface area contributed by atoms with Crippen molar-refractivity contribution in [3.8, 4) is 5.69 Å². The minimum Gasteiger partial charge on any atom is -0.313 e. The lowest BCUT2D eigenvalue weighted by Gasteiger charge is -2.12. The average Bonchev–Trinajstić information content (AvgIpc) is 2.68. The van der Waals surface area contributed by atoms with Crippen LogP contribution in [0.25, 0.3) is 5.69 Å². The molecule has 0 bridgehead atoms. The van der Waals surface area contributed by atoms with Crippen LogP contribution in [0.2, 0.25) is 5.02 Å². The molecule has 3 nitrogen and oxygen atoms in total. The van der Waals surface area contributed by atoms with Crippen molar-refractivity contribution in [2.75, 3.05) is 6.54 Å². The van der Waals surface area contributed by atoms with Crippen molar-refractivity contribution in [2.45, 2.75) is 33.7 Å². The second-order valence-corrected chi connectivity index (χ2v) is 6.08. The predicted octanol–water partition coefficient (Wildman–Crippen LogP) is 4.40. The van der Waals surface area contributed by atoms with Crippen molar-refractivity contribution in [3.63, 3.8) is 0 Å². The molecule has 1 N–H and O–H groups in total. The van der Waals surface area contributed by atoms with Crippen molar-refractivity contribution in [3.05, 3.63) is 44.6 Å². The Kier molecular flexibility index (Phi) is 5.24. The number of nitrogens with one attached hydrogen (secondary N) is 1. The fourth-order valence-electron chi connectivity index (χ4n) is 2.14. The zero-order valence-electron chi connectivity index (χ0n) is 12.0. The second kappa shape index (κ2) is 6.74. The van der Waals surface area contributed by atoms with Gasteiger partial charge in [-0.25, -0.2) is 4.68 Å². The van der Waals surface area contributed by atoms with Gasteiger partial charge in [0.1, 0.15) is 0 Å². The molecule has 2 rings (SSSR count). The Labute approximate surface area is 133 Å². The molecular weight excluding hydrogens is 338 g/mol. The number of rotatable bonds is 5. The minimum atomic E-state index is 0.725. The van der Waals surface area contributed by atoms with Gasteiger partial charge in [0.2, 0.25) is 0 Å². The second-order valence-electron chi connectivity index (χ2n) is 4.85. The summed E-state index contributed by atoms with van der Waals surface area (Å²) in [5.41, 5.74) is 4.30. The molecule has 108 valence electrons. The standard InChI is InChI=1S/C15H19BrClN3/c1-4-7-18-9-12-5-6-13(17)8-14(12)20-11(3)15(16)10(2)19-20/h5-6,8,18H,4,7,9H2,1-3H3. The zero-order chi connectivity index (χ0) is 14.7. The van der Waals surface area contributed by atoms with E-state index in [0.29, 0.717) is 0 Å². The van der Waals surface area contributed by atoms with E-state index in [4.69, 9.17) is 11.6 Å². The van der Waals surface area contributed by atoms with Gasteiger partial charge in [-0.1, -0.05) is 24.6 Å². The third kappa shape index (κ3) is 3.25. The minimum absolute atomic E-state index is 0.725. The first-order valence-corrected chi connectivity index (χ1v) is 7.93. The molecule has 1 aromatic heterocycles. The predicted molar refractivity (Wildman–Crippen MR) is 87.7 cm³/mol. The molecule has 0 aliphatic rings. The monoisotopic (exact) mass is 355 g/mol. The number of hydrogen-bond donors (Lipinski definition) is 1. The van der Waals surface area contributed by atoms with Gasteiger partial charge in [0.15, 0.2) is 0 Å². The van der Waals surface area contributed by atoms with Crippen LogP contribution in [0.3, 0.4) is 0 Å². The van der Waals surface area contributed by atoms with E-state index >= 15 is 0 Å². The fraction of sp³-hybridized carbons (Fsp3) is 0.400. The summed E-state index contributed by atoms with van der Waals surface area (Å²) in [6, 6.07) is 5.95. The molecular formula is C15H19BrClN3. The summed E-state index contributed by atoms with van der Waals surface area (Å²) in [7, 11) is 0. The molecule has 0 fully saturated rings. The van der Waals surface area contributed by atoms with E-state index in [9.17, 15) is 0 Å². The number of hydrogen-bond acceptors (Lipinski definition) is 2. The molecule has 0 saturated heterocycles. The topological polar surface area (TPSA) is 29.9 Å². The van der Waals surface area contributed by atoms with Gasteiger partial charge in [-0.05, 0) is 60.4 Å². The molecule has 0 unspecified atom stereocenters. The normalized spacial score (nSPS) is 11.1. The third-order valence-electron chi connectivity index (χ3n) is 3.22. The Morgan fingerprint density at radius 2 is 2.10 bits per heavy atom. The van der Waals surface area contributed by atoms with E-state index in [1.165, 1.54) is 5.56 Å². The summed E-state index contributed by atoms with van der Waals surface area (Å²) in [6.45, 7) is 8.02. The van der Waals surface area contributed by atoms with Crippen molar-refractivity contribution in [1.29, 1.82) is 0 Å². The zero-order valence-corrected chi connectivity index (χ0v) is 14.3. The Morgan fingerprint density at radius 1 is 1.35 bits per heavy atom. The number of halogens is 2. The molecule has 0 spiro atoms. The van der Waals surface area contributed by atoms with Crippen LogP contribution in [0.15, 0.2) is 22.7 Å². The van der Waals surface area contributed by atoms with Gasteiger partial charge in [0.05, 0.1) is 21.5 Å². The summed E-state index contributed by atoms with van der Waals surface area (Å²) in [6.07, 6.45) is 1.12. The highest BCUT2D eigenvalue weighted by Gasteiger charge is 2.13. The smallest absolute Gasteiger partial charge is 0.0743 e. The molecule has 1 aromatic carbocycles. The van der Waals surface area contributed by atoms with Crippen LogP contribution in [0.5, 0.6) is 0 Å². The van der Waals surface area contributed by atoms with Crippen LogP contribution in [0, 0.1) is 13.8 Å². The van der Waals surface area contributed by atoms with Gasteiger partial charge in [0.25, 0.3) is 0 Å². The Hall–Kier alpha value is -0.840. The van der Waals surface area contributed by atoms with Crippen LogP contribution in [0.4, 0.5) is 0 Å². The molecule has 0 saturated carbocycles. The van der Waals surface area contributed by atoms with Crippen LogP contribution >= 0.6 is 27.5 Å². The van der Waals surface area contributed by atoms with E-state index in [-0.39, 0.29) is 0 Å². The molecule has 2 aromatic rings. The molecule has 1 heterocycles. The SMILES string of the molecule is CCCNCc1ccc(Cl)cc1-n1nc(C)c(Br)c1C. The van der Waals surface area contributed by atoms with Crippen molar-refractivity contribution < 1.29 is 0 Å². The number of aromatic nitrogens is 2. The summed E-state index contributed by atoms with van der Waals surface area (Å²) in [5.74, 6) is 0. The van der Waals surface area contributed by atoms with Crippen molar-refractivity contribution in [1.82, 2.24) is 15.1 Å². The van der Waals surface area contributed by atoms with E-state index < -0.39 is 0 Å². The molecule has 0 aliphatic carbocycles. The van der Waals surface area contributed by atoms with Gasteiger partial charge < -0.3 is 5.32 Å². The number of nitrogens with zero attached hydrogens (tertiary/aromatic N) is 2. The van der Waals surface area contributed by atoms with E-state index in [0.717, 1.165) is 46.1 Å². The molecule has 0 aliphatic heterocycles. The average molecular weight is 357 g/mol. The maximum atomic E-state index is 6.15. The van der Waals surface area contributed by atoms with Gasteiger partial charge in [0, 0.05) is 11.6 Å². The van der Waals surface area contributed by atoms with Gasteiger partial charge >= 0.3 is 0 Å². The lowest BCUT2D eigenvalue weighted by atomic mass is 10.1. The molecule has 0 amide bonds. The van der Waals surface area contributed by atoms with Gasteiger partial charge in [-0.3, -0.25) is 0 Å². The van der Waals surface area contributed by atoms with E-state index in [1.807, 2.05) is 30.7 Å². The maximum Gasteiger partial charge on any atom is 0.0743 e. The number of aryl methyl sites for hydroxylation is 1. The summed E-state index contributed by atoms with van der Waals surface area (Å²) < 4.78 is 3.00. The van der Waals surface area contributed by atoms with Gasteiger partial charge in [-0.15, -0.1) is 0 Å². The van der Waals surface area contributed by atoms with Crippen LogP contribution in [0.1, 0.15) is 30.3 Å². The largest absolute Gasteiger partial charge is 0.313 e. The van der Waals surface area contributed by atoms with Crippen LogP contribution < -0.4 is 5.32 Å². The Balaban J connectivity index is 2.43. The molecule has 20 heavy (non-hydrogen) atoms. The summed E-state index contributed by atoms with van der Waals surface area (Å²) >= 11 is 9.73.